The van der Waals surface area contributed by atoms with Crippen LogP contribution in [-0.4, -0.2) is 30.8 Å². The molecule has 5 heteroatoms. The lowest BCUT2D eigenvalue weighted by Gasteiger charge is -2.09. The summed E-state index contributed by atoms with van der Waals surface area (Å²) in [5.41, 5.74) is 0.845. The molecule has 0 bridgehead atoms. The maximum Gasteiger partial charge on any atom is 0.213 e. The average Bonchev–Trinajstić information content (AvgIpc) is 3.19. The van der Waals surface area contributed by atoms with E-state index in [1.807, 2.05) is 13.0 Å². The monoisotopic (exact) mass is 270 g/mol. The van der Waals surface area contributed by atoms with Gasteiger partial charge in [-0.15, -0.1) is 0 Å². The third-order valence-electron chi connectivity index (χ3n) is 2.71. The molecule has 0 spiro atoms. The molecule has 1 aromatic heterocycles. The van der Waals surface area contributed by atoms with E-state index in [1.165, 1.54) is 12.8 Å². The number of halogens is 1. The lowest BCUT2D eigenvalue weighted by Crippen LogP contribution is -2.17. The van der Waals surface area contributed by atoms with E-state index in [-0.39, 0.29) is 0 Å². The molecule has 0 amide bonds. The number of rotatable bonds is 8. The lowest BCUT2D eigenvalue weighted by molar-refractivity contribution is 0.108. The van der Waals surface area contributed by atoms with Crippen LogP contribution in [-0.2, 0) is 11.3 Å². The van der Waals surface area contributed by atoms with Crippen molar-refractivity contribution in [3.8, 4) is 5.88 Å². The summed E-state index contributed by atoms with van der Waals surface area (Å²) in [5, 5.41) is 4.07. The number of hydrogen-bond acceptors (Lipinski definition) is 4. The van der Waals surface area contributed by atoms with Gasteiger partial charge in [0.2, 0.25) is 5.88 Å². The van der Waals surface area contributed by atoms with Crippen molar-refractivity contribution in [2.75, 3.05) is 19.8 Å². The van der Waals surface area contributed by atoms with Gasteiger partial charge in [0, 0.05) is 25.3 Å². The largest absolute Gasteiger partial charge is 0.475 e. The first-order valence-corrected chi connectivity index (χ1v) is 6.76. The van der Waals surface area contributed by atoms with Crippen LogP contribution in [0.4, 0.5) is 0 Å². The number of nitrogens with one attached hydrogen (secondary N) is 1. The van der Waals surface area contributed by atoms with Crippen molar-refractivity contribution in [2.45, 2.75) is 32.4 Å². The van der Waals surface area contributed by atoms with E-state index in [1.54, 1.807) is 6.07 Å². The van der Waals surface area contributed by atoms with Crippen molar-refractivity contribution < 1.29 is 9.47 Å². The summed E-state index contributed by atoms with van der Waals surface area (Å²) >= 11 is 6.10. The van der Waals surface area contributed by atoms with E-state index in [9.17, 15) is 0 Å². The zero-order valence-corrected chi connectivity index (χ0v) is 11.4. The number of nitrogens with zero attached hydrogens (tertiary/aromatic N) is 1. The van der Waals surface area contributed by atoms with Crippen LogP contribution < -0.4 is 10.1 Å². The third-order valence-corrected chi connectivity index (χ3v) is 3.05. The second kappa shape index (κ2) is 6.92. The molecule has 0 atom stereocenters. The zero-order chi connectivity index (χ0) is 12.8. The fourth-order valence-electron chi connectivity index (χ4n) is 1.55. The van der Waals surface area contributed by atoms with Gasteiger partial charge in [0.05, 0.1) is 17.3 Å². The Labute approximate surface area is 113 Å². The number of aromatic nitrogens is 1. The van der Waals surface area contributed by atoms with E-state index in [0.29, 0.717) is 43.3 Å². The molecule has 1 saturated carbocycles. The van der Waals surface area contributed by atoms with Crippen LogP contribution in [0.25, 0.3) is 0 Å². The molecule has 0 saturated heterocycles. The van der Waals surface area contributed by atoms with Gasteiger partial charge in [0.15, 0.2) is 0 Å². The molecule has 1 aliphatic rings. The van der Waals surface area contributed by atoms with Crippen molar-refractivity contribution in [3.05, 3.63) is 22.8 Å². The second-order valence-corrected chi connectivity index (χ2v) is 4.69. The van der Waals surface area contributed by atoms with Crippen LogP contribution in [0.5, 0.6) is 5.88 Å². The topological polar surface area (TPSA) is 43.4 Å². The van der Waals surface area contributed by atoms with Crippen LogP contribution in [0.2, 0.25) is 5.02 Å². The molecule has 2 rings (SSSR count). The molecule has 1 fully saturated rings. The van der Waals surface area contributed by atoms with Gasteiger partial charge in [-0.05, 0) is 25.8 Å². The molecule has 0 unspecified atom stereocenters. The van der Waals surface area contributed by atoms with Gasteiger partial charge < -0.3 is 14.8 Å². The standard InChI is InChI=1S/C13H19ClN2O2/c1-2-17-7-8-18-13-6-5-11(14)12(16-13)9-15-10-3-4-10/h5-6,10,15H,2-4,7-9H2,1H3. The van der Waals surface area contributed by atoms with E-state index in [4.69, 9.17) is 21.1 Å². The Morgan fingerprint density at radius 3 is 2.94 bits per heavy atom. The summed E-state index contributed by atoms with van der Waals surface area (Å²) < 4.78 is 10.7. The van der Waals surface area contributed by atoms with Gasteiger partial charge in [-0.2, -0.15) is 0 Å². The minimum atomic E-state index is 0.512. The normalized spacial score (nSPS) is 14.8. The molecule has 1 aromatic rings. The second-order valence-electron chi connectivity index (χ2n) is 4.28. The summed E-state index contributed by atoms with van der Waals surface area (Å²) in [4.78, 5) is 4.40. The van der Waals surface area contributed by atoms with Gasteiger partial charge in [-0.25, -0.2) is 4.98 Å². The first-order valence-electron chi connectivity index (χ1n) is 6.39. The van der Waals surface area contributed by atoms with Crippen LogP contribution in [0, 0.1) is 0 Å². The molecule has 18 heavy (non-hydrogen) atoms. The number of pyridine rings is 1. The molecule has 0 aromatic carbocycles. The molecule has 4 nitrogen and oxygen atoms in total. The smallest absolute Gasteiger partial charge is 0.213 e. The third kappa shape index (κ3) is 4.44. The predicted octanol–water partition coefficient (Wildman–Crippen LogP) is 2.40. The first-order chi connectivity index (χ1) is 8.79. The summed E-state index contributed by atoms with van der Waals surface area (Å²) in [6.07, 6.45) is 2.50. The molecule has 100 valence electrons. The molecule has 0 aliphatic heterocycles. The van der Waals surface area contributed by atoms with E-state index in [2.05, 4.69) is 10.3 Å². The van der Waals surface area contributed by atoms with E-state index >= 15 is 0 Å². The van der Waals surface area contributed by atoms with Gasteiger partial charge in [0.1, 0.15) is 6.61 Å². The van der Waals surface area contributed by atoms with Crippen molar-refractivity contribution in [2.24, 2.45) is 0 Å². The molecule has 1 aliphatic carbocycles. The van der Waals surface area contributed by atoms with Gasteiger partial charge >= 0.3 is 0 Å². The Morgan fingerprint density at radius 1 is 1.39 bits per heavy atom. The Bertz CT molecular complexity index is 383. The minimum Gasteiger partial charge on any atom is -0.475 e. The summed E-state index contributed by atoms with van der Waals surface area (Å²) in [6, 6.07) is 4.26. The van der Waals surface area contributed by atoms with E-state index in [0.717, 1.165) is 5.69 Å². The van der Waals surface area contributed by atoms with Gasteiger partial charge in [-0.1, -0.05) is 11.6 Å². The quantitative estimate of drug-likeness (QED) is 0.737. The Kier molecular flexibility index (Phi) is 5.23. The molecule has 1 N–H and O–H groups in total. The van der Waals surface area contributed by atoms with Crippen LogP contribution in [0.1, 0.15) is 25.5 Å². The number of ether oxygens (including phenoxy) is 2. The van der Waals surface area contributed by atoms with Crippen LogP contribution >= 0.6 is 11.6 Å². The predicted molar refractivity (Wildman–Crippen MR) is 71.1 cm³/mol. The Hall–Kier alpha value is -0.840. The van der Waals surface area contributed by atoms with Crippen molar-refractivity contribution in [1.29, 1.82) is 0 Å². The highest BCUT2D eigenvalue weighted by Gasteiger charge is 2.20. The SMILES string of the molecule is CCOCCOc1ccc(Cl)c(CNC2CC2)n1. The molecular formula is C13H19ClN2O2. The molecule has 0 radical (unpaired) electrons. The maximum absolute atomic E-state index is 6.10. The first kappa shape index (κ1) is 13.6. The van der Waals surface area contributed by atoms with Crippen molar-refractivity contribution >= 4 is 11.6 Å². The van der Waals surface area contributed by atoms with Crippen molar-refractivity contribution in [3.63, 3.8) is 0 Å². The highest BCUT2D eigenvalue weighted by atomic mass is 35.5. The summed E-state index contributed by atoms with van der Waals surface area (Å²) in [7, 11) is 0. The fraction of sp³-hybridized carbons (Fsp3) is 0.615. The Morgan fingerprint density at radius 2 is 2.22 bits per heavy atom. The summed E-state index contributed by atoms with van der Waals surface area (Å²) in [6.45, 7) is 4.46. The fourth-order valence-corrected chi connectivity index (χ4v) is 1.72. The van der Waals surface area contributed by atoms with Gasteiger partial charge in [-0.3, -0.25) is 0 Å². The zero-order valence-electron chi connectivity index (χ0n) is 10.6. The van der Waals surface area contributed by atoms with Gasteiger partial charge in [0.25, 0.3) is 0 Å². The highest BCUT2D eigenvalue weighted by molar-refractivity contribution is 6.31. The van der Waals surface area contributed by atoms with E-state index < -0.39 is 0 Å². The number of hydrogen-bond donors (Lipinski definition) is 1. The minimum absolute atomic E-state index is 0.512. The average molecular weight is 271 g/mol. The van der Waals surface area contributed by atoms with Crippen LogP contribution in [0.3, 0.4) is 0 Å². The Balaban J connectivity index is 1.83. The molecular weight excluding hydrogens is 252 g/mol. The van der Waals surface area contributed by atoms with Crippen molar-refractivity contribution in [1.82, 2.24) is 10.3 Å². The lowest BCUT2D eigenvalue weighted by atomic mass is 10.3. The summed E-state index contributed by atoms with van der Waals surface area (Å²) in [5.74, 6) is 0.603. The maximum atomic E-state index is 6.10. The highest BCUT2D eigenvalue weighted by Crippen LogP contribution is 2.22. The van der Waals surface area contributed by atoms with Crippen LogP contribution in [0.15, 0.2) is 12.1 Å². The molecule has 1 heterocycles.